The predicted molar refractivity (Wildman–Crippen MR) is 113 cm³/mol. The number of carbonyl (C=O) groups excluding carboxylic acids is 1. The van der Waals surface area contributed by atoms with Crippen molar-refractivity contribution >= 4 is 46.6 Å². The highest BCUT2D eigenvalue weighted by atomic mass is 35.5. The molecular formula is C18H17Cl2N5O2S. The molecule has 1 aromatic heterocycles. The van der Waals surface area contributed by atoms with Gasteiger partial charge in [0.05, 0.1) is 23.1 Å². The lowest BCUT2D eigenvalue weighted by Crippen LogP contribution is -2.24. The third-order valence-corrected chi connectivity index (χ3v) is 5.47. The molecule has 0 bridgehead atoms. The molecule has 28 heavy (non-hydrogen) atoms. The van der Waals surface area contributed by atoms with Crippen LogP contribution in [0, 0.1) is 0 Å². The second-order valence-electron chi connectivity index (χ2n) is 5.75. The minimum absolute atomic E-state index is 0.257. The summed E-state index contributed by atoms with van der Waals surface area (Å²) in [4.78, 5) is 12.6. The molecule has 0 saturated carbocycles. The van der Waals surface area contributed by atoms with Crippen molar-refractivity contribution in [3.63, 3.8) is 0 Å². The van der Waals surface area contributed by atoms with Crippen LogP contribution < -0.4 is 15.9 Å². The summed E-state index contributed by atoms with van der Waals surface area (Å²) < 4.78 is 6.56. The summed E-state index contributed by atoms with van der Waals surface area (Å²) in [5.74, 6) is 6.78. The van der Waals surface area contributed by atoms with Gasteiger partial charge in [0.1, 0.15) is 5.75 Å². The van der Waals surface area contributed by atoms with Crippen LogP contribution in [0.5, 0.6) is 5.75 Å². The molecule has 1 unspecified atom stereocenters. The van der Waals surface area contributed by atoms with E-state index in [0.717, 1.165) is 0 Å². The van der Waals surface area contributed by atoms with E-state index in [0.29, 0.717) is 38.0 Å². The molecule has 3 rings (SSSR count). The van der Waals surface area contributed by atoms with Crippen LogP contribution in [0.15, 0.2) is 47.6 Å². The van der Waals surface area contributed by atoms with Crippen LogP contribution in [0.2, 0.25) is 10.0 Å². The van der Waals surface area contributed by atoms with Crippen molar-refractivity contribution in [2.24, 2.45) is 0 Å². The average Bonchev–Trinajstić information content (AvgIpc) is 3.02. The van der Waals surface area contributed by atoms with E-state index >= 15 is 0 Å². The maximum Gasteiger partial charge on any atom is 0.237 e. The first-order valence-electron chi connectivity index (χ1n) is 8.17. The number of methoxy groups -OCH3 is 1. The van der Waals surface area contributed by atoms with E-state index in [2.05, 4.69) is 15.5 Å². The van der Waals surface area contributed by atoms with Crippen LogP contribution >= 0.6 is 35.0 Å². The number of hydrogen-bond acceptors (Lipinski definition) is 6. The molecule has 3 N–H and O–H groups in total. The van der Waals surface area contributed by atoms with E-state index in [1.165, 1.54) is 23.5 Å². The fourth-order valence-electron chi connectivity index (χ4n) is 2.41. The van der Waals surface area contributed by atoms with Crippen molar-refractivity contribution in [2.45, 2.75) is 17.3 Å². The van der Waals surface area contributed by atoms with E-state index in [1.54, 1.807) is 37.3 Å². The highest BCUT2D eigenvalue weighted by Crippen LogP contribution is 2.31. The van der Waals surface area contributed by atoms with Crippen molar-refractivity contribution < 1.29 is 9.53 Å². The number of aromatic nitrogens is 3. The third kappa shape index (κ3) is 4.35. The maximum atomic E-state index is 12.6. The largest absolute Gasteiger partial charge is 0.495 e. The Morgan fingerprint density at radius 3 is 2.71 bits per heavy atom. The second kappa shape index (κ2) is 8.72. The molecule has 0 saturated heterocycles. The number of nitrogens with two attached hydrogens (primary N) is 1. The number of benzene rings is 2. The Balaban J connectivity index is 1.75. The van der Waals surface area contributed by atoms with E-state index in [1.807, 2.05) is 12.1 Å². The Morgan fingerprint density at radius 2 is 2.00 bits per heavy atom. The molecule has 1 amide bonds. The second-order valence-corrected chi connectivity index (χ2v) is 7.90. The van der Waals surface area contributed by atoms with E-state index in [9.17, 15) is 4.79 Å². The molecule has 1 heterocycles. The number of rotatable bonds is 6. The molecule has 0 fully saturated rings. The average molecular weight is 438 g/mol. The van der Waals surface area contributed by atoms with Crippen LogP contribution in [-0.2, 0) is 4.79 Å². The van der Waals surface area contributed by atoms with Gasteiger partial charge in [-0.15, -0.1) is 10.2 Å². The minimum atomic E-state index is -0.505. The number of amides is 1. The van der Waals surface area contributed by atoms with E-state index in [4.69, 9.17) is 33.8 Å². The number of halogens is 2. The minimum Gasteiger partial charge on any atom is -0.495 e. The molecule has 0 radical (unpaired) electrons. The first-order chi connectivity index (χ1) is 13.4. The fourth-order valence-corrected chi connectivity index (χ4v) is 3.57. The molecule has 0 spiro atoms. The van der Waals surface area contributed by atoms with Crippen molar-refractivity contribution in [3.8, 4) is 17.1 Å². The van der Waals surface area contributed by atoms with Crippen molar-refractivity contribution in [1.29, 1.82) is 0 Å². The van der Waals surface area contributed by atoms with Crippen LogP contribution in [-0.4, -0.2) is 33.1 Å². The van der Waals surface area contributed by atoms with E-state index < -0.39 is 5.25 Å². The molecule has 146 valence electrons. The summed E-state index contributed by atoms with van der Waals surface area (Å²) in [6, 6.07) is 12.2. The van der Waals surface area contributed by atoms with Gasteiger partial charge in [0.2, 0.25) is 11.1 Å². The van der Waals surface area contributed by atoms with Gasteiger partial charge in [-0.25, -0.2) is 4.68 Å². The number of nitrogens with zero attached hydrogens (tertiary/aromatic N) is 3. The number of hydrogen-bond donors (Lipinski definition) is 2. The number of carbonyl (C=O) groups is 1. The first kappa shape index (κ1) is 20.3. The molecule has 0 aliphatic rings. The fraction of sp³-hybridized carbons (Fsp3) is 0.167. The van der Waals surface area contributed by atoms with Crippen molar-refractivity contribution in [1.82, 2.24) is 14.9 Å². The van der Waals surface area contributed by atoms with Gasteiger partial charge in [0.15, 0.2) is 5.82 Å². The Morgan fingerprint density at radius 1 is 1.25 bits per heavy atom. The lowest BCUT2D eigenvalue weighted by Gasteiger charge is -2.14. The zero-order valence-electron chi connectivity index (χ0n) is 15.0. The summed E-state index contributed by atoms with van der Waals surface area (Å²) in [7, 11) is 1.52. The van der Waals surface area contributed by atoms with Gasteiger partial charge < -0.3 is 15.9 Å². The maximum absolute atomic E-state index is 12.6. The van der Waals surface area contributed by atoms with Gasteiger partial charge in [-0.1, -0.05) is 47.1 Å². The topological polar surface area (TPSA) is 95.1 Å². The van der Waals surface area contributed by atoms with Crippen molar-refractivity contribution in [3.05, 3.63) is 52.5 Å². The normalized spacial score (nSPS) is 11.9. The summed E-state index contributed by atoms with van der Waals surface area (Å²) in [6.07, 6.45) is 0. The standard InChI is InChI=1S/C18H17Cl2N5O2S/c1-10(17(26)22-14-9-11(19)7-8-15(14)27-2)28-18-24-23-16(25(18)21)12-5-3-4-6-13(12)20/h3-10H,21H2,1-2H3,(H,22,26). The molecule has 3 aromatic rings. The number of nitrogens with one attached hydrogen (secondary N) is 1. The van der Waals surface area contributed by atoms with E-state index in [-0.39, 0.29) is 5.91 Å². The molecule has 10 heteroatoms. The van der Waals surface area contributed by atoms with Gasteiger partial charge in [-0.3, -0.25) is 4.79 Å². The van der Waals surface area contributed by atoms with Crippen LogP contribution in [0.1, 0.15) is 6.92 Å². The van der Waals surface area contributed by atoms with Crippen LogP contribution in [0.4, 0.5) is 5.69 Å². The molecule has 1 atom stereocenters. The Kier molecular flexibility index (Phi) is 6.33. The Bertz CT molecular complexity index is 1010. The number of nitrogen functional groups attached to an aromatic ring is 1. The highest BCUT2D eigenvalue weighted by molar-refractivity contribution is 8.00. The number of ether oxygens (including phenoxy) is 1. The zero-order valence-corrected chi connectivity index (χ0v) is 17.3. The van der Waals surface area contributed by atoms with Crippen LogP contribution in [0.3, 0.4) is 0 Å². The monoisotopic (exact) mass is 437 g/mol. The SMILES string of the molecule is COc1ccc(Cl)cc1NC(=O)C(C)Sc1nnc(-c2ccccc2Cl)n1N. The zero-order chi connectivity index (χ0) is 20.3. The summed E-state index contributed by atoms with van der Waals surface area (Å²) in [6.45, 7) is 1.74. The highest BCUT2D eigenvalue weighted by Gasteiger charge is 2.21. The molecule has 0 aliphatic carbocycles. The van der Waals surface area contributed by atoms with Crippen molar-refractivity contribution in [2.75, 3.05) is 18.3 Å². The molecule has 7 nitrogen and oxygen atoms in total. The predicted octanol–water partition coefficient (Wildman–Crippen LogP) is 4.09. The summed E-state index contributed by atoms with van der Waals surface area (Å²) in [5, 5.41) is 11.9. The lowest BCUT2D eigenvalue weighted by molar-refractivity contribution is -0.115. The summed E-state index contributed by atoms with van der Waals surface area (Å²) >= 11 is 13.4. The Hall–Kier alpha value is -2.42. The molecular weight excluding hydrogens is 421 g/mol. The molecule has 0 aliphatic heterocycles. The van der Waals surface area contributed by atoms with Crippen LogP contribution in [0.25, 0.3) is 11.4 Å². The lowest BCUT2D eigenvalue weighted by atomic mass is 10.2. The van der Waals surface area contributed by atoms with Gasteiger partial charge in [-0.2, -0.15) is 0 Å². The molecule has 2 aromatic carbocycles. The van der Waals surface area contributed by atoms with Gasteiger partial charge in [0, 0.05) is 10.6 Å². The number of anilines is 1. The summed E-state index contributed by atoms with van der Waals surface area (Å²) in [5.41, 5.74) is 1.14. The smallest absolute Gasteiger partial charge is 0.237 e. The quantitative estimate of drug-likeness (QED) is 0.445. The number of thioether (sulfide) groups is 1. The van der Waals surface area contributed by atoms with Gasteiger partial charge in [-0.05, 0) is 37.3 Å². The third-order valence-electron chi connectivity index (χ3n) is 3.85. The van der Waals surface area contributed by atoms with Gasteiger partial charge >= 0.3 is 0 Å². The van der Waals surface area contributed by atoms with Gasteiger partial charge in [0.25, 0.3) is 0 Å². The first-order valence-corrected chi connectivity index (χ1v) is 9.80. The Labute approximate surface area is 176 Å².